The normalized spacial score (nSPS) is 19.1. The molecule has 2 aromatic heterocycles. The van der Waals surface area contributed by atoms with Crippen LogP contribution in [-0.4, -0.2) is 41.8 Å². The van der Waals surface area contributed by atoms with Gasteiger partial charge in [-0.25, -0.2) is 13.2 Å². The smallest absolute Gasteiger partial charge is 0.338 e. The summed E-state index contributed by atoms with van der Waals surface area (Å²) in [5.41, 5.74) is 1.52. The Morgan fingerprint density at radius 2 is 2.00 bits per heavy atom. The van der Waals surface area contributed by atoms with Crippen LogP contribution in [-0.2, 0) is 27.8 Å². The minimum atomic E-state index is -3.69. The standard InChI is InChI=1S/C23H26N2O6S/c26-20-8-7-18-21(17(20)11-14-3-1-9-24-14)22(23(27)28)19(25(18)15-5-6-15)13-32(29,30)12-16-4-2-10-31-16/h2,4,7-8,10,14-15,24,26H,1,3,5-6,9,11-13H2,(H,27,28). The van der Waals surface area contributed by atoms with E-state index in [1.165, 1.54) is 6.26 Å². The number of phenols is 1. The highest BCUT2D eigenvalue weighted by atomic mass is 32.2. The maximum Gasteiger partial charge on any atom is 0.338 e. The Kier molecular flexibility index (Phi) is 5.25. The van der Waals surface area contributed by atoms with Crippen molar-refractivity contribution in [1.82, 2.24) is 9.88 Å². The van der Waals surface area contributed by atoms with Gasteiger partial charge in [0, 0.05) is 34.2 Å². The van der Waals surface area contributed by atoms with Crippen molar-refractivity contribution in [3.8, 4) is 5.75 Å². The van der Waals surface area contributed by atoms with Crippen LogP contribution in [0.1, 0.15) is 59.1 Å². The van der Waals surface area contributed by atoms with Gasteiger partial charge in [-0.1, -0.05) is 0 Å². The molecular weight excluding hydrogens is 432 g/mol. The number of aromatic carboxylic acids is 1. The van der Waals surface area contributed by atoms with Crippen molar-refractivity contribution in [3.05, 3.63) is 53.1 Å². The predicted molar refractivity (Wildman–Crippen MR) is 119 cm³/mol. The fraction of sp³-hybridized carbons (Fsp3) is 0.435. The number of phenolic OH excluding ortho intramolecular Hbond substituents is 1. The number of furan rings is 1. The zero-order valence-electron chi connectivity index (χ0n) is 17.6. The van der Waals surface area contributed by atoms with Crippen molar-refractivity contribution in [2.75, 3.05) is 6.54 Å². The Morgan fingerprint density at radius 3 is 2.62 bits per heavy atom. The van der Waals surface area contributed by atoms with E-state index in [9.17, 15) is 23.4 Å². The molecule has 1 saturated heterocycles. The number of rotatable bonds is 8. The number of hydrogen-bond donors (Lipinski definition) is 3. The second-order valence-electron chi connectivity index (χ2n) is 8.79. The second kappa shape index (κ2) is 7.97. The summed E-state index contributed by atoms with van der Waals surface area (Å²) in [5.74, 6) is -1.50. The van der Waals surface area contributed by atoms with Crippen molar-refractivity contribution in [2.24, 2.45) is 0 Å². The Hall–Kier alpha value is -2.78. The van der Waals surface area contributed by atoms with Crippen LogP contribution in [0.15, 0.2) is 34.9 Å². The van der Waals surface area contributed by atoms with Crippen molar-refractivity contribution in [3.63, 3.8) is 0 Å². The molecule has 32 heavy (non-hydrogen) atoms. The van der Waals surface area contributed by atoms with Gasteiger partial charge in [0.25, 0.3) is 0 Å². The number of nitrogens with one attached hydrogen (secondary N) is 1. The average Bonchev–Trinajstić information content (AvgIpc) is 3.11. The number of nitrogens with zero attached hydrogens (tertiary/aromatic N) is 1. The van der Waals surface area contributed by atoms with Gasteiger partial charge in [-0.3, -0.25) is 0 Å². The molecule has 9 heteroatoms. The van der Waals surface area contributed by atoms with Crippen LogP contribution in [0.2, 0.25) is 0 Å². The van der Waals surface area contributed by atoms with Crippen LogP contribution in [0.4, 0.5) is 0 Å². The fourth-order valence-corrected chi connectivity index (χ4v) is 6.29. The minimum absolute atomic E-state index is 0.0150. The van der Waals surface area contributed by atoms with Crippen molar-refractivity contribution >= 4 is 26.7 Å². The molecule has 3 heterocycles. The maximum absolute atomic E-state index is 13.0. The quantitative estimate of drug-likeness (QED) is 0.473. The van der Waals surface area contributed by atoms with E-state index in [1.807, 2.05) is 4.57 Å². The van der Waals surface area contributed by atoms with Gasteiger partial charge in [-0.05, 0) is 62.9 Å². The Labute approximate surface area is 185 Å². The summed E-state index contributed by atoms with van der Waals surface area (Å²) in [6.45, 7) is 0.895. The zero-order chi connectivity index (χ0) is 22.5. The van der Waals surface area contributed by atoms with Gasteiger partial charge in [0.05, 0.1) is 17.6 Å². The van der Waals surface area contributed by atoms with Crippen LogP contribution in [0.5, 0.6) is 5.75 Å². The van der Waals surface area contributed by atoms with E-state index in [0.29, 0.717) is 28.6 Å². The molecule has 1 saturated carbocycles. The first-order valence-electron chi connectivity index (χ1n) is 10.9. The highest BCUT2D eigenvalue weighted by Gasteiger charge is 2.35. The van der Waals surface area contributed by atoms with Gasteiger partial charge in [0.2, 0.25) is 0 Å². The van der Waals surface area contributed by atoms with Crippen LogP contribution in [0, 0.1) is 0 Å². The van der Waals surface area contributed by atoms with Gasteiger partial charge in [-0.2, -0.15) is 0 Å². The monoisotopic (exact) mass is 458 g/mol. The highest BCUT2D eigenvalue weighted by molar-refractivity contribution is 7.89. The lowest BCUT2D eigenvalue weighted by Crippen LogP contribution is -2.23. The third-order valence-corrected chi connectivity index (χ3v) is 7.83. The topological polar surface area (TPSA) is 122 Å². The number of carboxylic acid groups (broad SMARTS) is 1. The molecule has 1 aromatic carbocycles. The van der Waals surface area contributed by atoms with Crippen molar-refractivity contribution in [1.29, 1.82) is 0 Å². The molecule has 2 fully saturated rings. The molecular formula is C23H26N2O6S. The van der Waals surface area contributed by atoms with E-state index in [4.69, 9.17) is 4.42 Å². The molecule has 3 N–H and O–H groups in total. The van der Waals surface area contributed by atoms with E-state index in [2.05, 4.69) is 5.32 Å². The van der Waals surface area contributed by atoms with Crippen LogP contribution in [0.25, 0.3) is 10.9 Å². The molecule has 1 aliphatic carbocycles. The molecule has 2 aliphatic rings. The third-order valence-electron chi connectivity index (χ3n) is 6.39. The Balaban J connectivity index is 1.67. The third kappa shape index (κ3) is 3.91. The summed E-state index contributed by atoms with van der Waals surface area (Å²) < 4.78 is 33.1. The lowest BCUT2D eigenvalue weighted by atomic mass is 9.97. The van der Waals surface area contributed by atoms with Gasteiger partial charge >= 0.3 is 5.97 Å². The van der Waals surface area contributed by atoms with Crippen LogP contribution in [0.3, 0.4) is 0 Å². The minimum Gasteiger partial charge on any atom is -0.508 e. The molecule has 3 aromatic rings. The zero-order valence-corrected chi connectivity index (χ0v) is 18.4. The maximum atomic E-state index is 13.0. The Morgan fingerprint density at radius 1 is 1.19 bits per heavy atom. The van der Waals surface area contributed by atoms with E-state index in [1.54, 1.807) is 24.3 Å². The lowest BCUT2D eigenvalue weighted by molar-refractivity contribution is 0.0697. The summed E-state index contributed by atoms with van der Waals surface area (Å²) in [5, 5.41) is 24.7. The molecule has 0 spiro atoms. The van der Waals surface area contributed by atoms with Gasteiger partial charge in [0.15, 0.2) is 9.84 Å². The Bertz CT molecular complexity index is 1270. The summed E-state index contributed by atoms with van der Waals surface area (Å²) >= 11 is 0. The molecule has 1 unspecified atom stereocenters. The molecule has 0 bridgehead atoms. The number of carbonyl (C=O) groups is 1. The van der Waals surface area contributed by atoms with Gasteiger partial charge in [-0.15, -0.1) is 0 Å². The average molecular weight is 459 g/mol. The van der Waals surface area contributed by atoms with Crippen molar-refractivity contribution < 1.29 is 27.8 Å². The molecule has 1 atom stereocenters. The largest absolute Gasteiger partial charge is 0.508 e. The molecule has 5 rings (SSSR count). The first-order valence-corrected chi connectivity index (χ1v) is 12.7. The van der Waals surface area contributed by atoms with E-state index < -0.39 is 21.6 Å². The number of fused-ring (bicyclic) bond motifs is 1. The van der Waals surface area contributed by atoms with Gasteiger partial charge in [0.1, 0.15) is 17.3 Å². The second-order valence-corrected chi connectivity index (χ2v) is 10.9. The summed E-state index contributed by atoms with van der Waals surface area (Å²) in [6.07, 6.45) is 5.64. The summed E-state index contributed by atoms with van der Waals surface area (Å²) in [7, 11) is -3.69. The van der Waals surface area contributed by atoms with E-state index in [0.717, 1.165) is 32.2 Å². The molecule has 170 valence electrons. The molecule has 0 amide bonds. The molecule has 1 aliphatic heterocycles. The first kappa shape index (κ1) is 21.1. The number of benzene rings is 1. The number of hydrogen-bond acceptors (Lipinski definition) is 6. The number of aromatic nitrogens is 1. The molecule has 0 radical (unpaired) electrons. The van der Waals surface area contributed by atoms with E-state index >= 15 is 0 Å². The predicted octanol–water partition coefficient (Wildman–Crippen LogP) is 3.38. The summed E-state index contributed by atoms with van der Waals surface area (Å²) in [4.78, 5) is 12.5. The van der Waals surface area contributed by atoms with Crippen molar-refractivity contribution in [2.45, 2.75) is 55.7 Å². The number of sulfone groups is 1. The number of carboxylic acids is 1. The van der Waals surface area contributed by atoms with Gasteiger partial charge < -0.3 is 24.5 Å². The number of aromatic hydroxyl groups is 1. The first-order chi connectivity index (χ1) is 15.3. The highest BCUT2D eigenvalue weighted by Crippen LogP contribution is 2.44. The van der Waals surface area contributed by atoms with Crippen LogP contribution >= 0.6 is 0 Å². The summed E-state index contributed by atoms with van der Waals surface area (Å²) in [6, 6.07) is 6.75. The van der Waals surface area contributed by atoms with Crippen LogP contribution < -0.4 is 5.32 Å². The SMILES string of the molecule is O=C(O)c1c(CS(=O)(=O)Cc2ccco2)n(C2CC2)c2ccc(O)c(CC3CCCN3)c12. The molecule has 8 nitrogen and oxygen atoms in total. The lowest BCUT2D eigenvalue weighted by Gasteiger charge is -2.14. The fourth-order valence-electron chi connectivity index (χ4n) is 4.89. The van der Waals surface area contributed by atoms with E-state index in [-0.39, 0.29) is 34.8 Å².